The zero-order valence-corrected chi connectivity index (χ0v) is 21.3. The highest BCUT2D eigenvalue weighted by molar-refractivity contribution is 7.89. The lowest BCUT2D eigenvalue weighted by molar-refractivity contribution is -0.123. The van der Waals surface area contributed by atoms with Gasteiger partial charge in [-0.2, -0.15) is 0 Å². The zero-order valence-electron chi connectivity index (χ0n) is 20.5. The second kappa shape index (κ2) is 10.7. The highest BCUT2D eigenvalue weighted by Crippen LogP contribution is 2.32. The second-order valence-corrected chi connectivity index (χ2v) is 11.3. The Kier molecular flexibility index (Phi) is 8.09. The van der Waals surface area contributed by atoms with Crippen molar-refractivity contribution in [1.29, 1.82) is 0 Å². The molecule has 0 heterocycles. The maximum absolute atomic E-state index is 13.2. The molecule has 1 amide bonds. The van der Waals surface area contributed by atoms with Crippen LogP contribution in [0.4, 0.5) is 5.69 Å². The average molecular weight is 490 g/mol. The summed E-state index contributed by atoms with van der Waals surface area (Å²) in [6.07, 6.45) is 3.83. The first-order valence-corrected chi connectivity index (χ1v) is 12.9. The van der Waals surface area contributed by atoms with E-state index in [1.807, 2.05) is 20.8 Å². The predicted octanol–water partition coefficient (Wildman–Crippen LogP) is 3.99. The summed E-state index contributed by atoms with van der Waals surface area (Å²) in [6.45, 7) is 5.73. The molecule has 9 heteroatoms. The Bertz CT molecular complexity index is 1090. The van der Waals surface area contributed by atoms with E-state index in [9.17, 15) is 13.2 Å². The van der Waals surface area contributed by atoms with Gasteiger partial charge < -0.3 is 20.1 Å². The lowest BCUT2D eigenvalue weighted by Gasteiger charge is -2.27. The van der Waals surface area contributed by atoms with E-state index in [4.69, 9.17) is 9.47 Å². The fourth-order valence-electron chi connectivity index (χ4n) is 4.00. The van der Waals surface area contributed by atoms with Gasteiger partial charge in [-0.05, 0) is 75.6 Å². The van der Waals surface area contributed by atoms with Crippen LogP contribution < -0.4 is 24.8 Å². The molecule has 1 atom stereocenters. The van der Waals surface area contributed by atoms with Crippen molar-refractivity contribution in [3.63, 3.8) is 0 Å². The minimum atomic E-state index is -3.59. The van der Waals surface area contributed by atoms with Crippen LogP contribution >= 0.6 is 0 Å². The van der Waals surface area contributed by atoms with Crippen molar-refractivity contribution < 1.29 is 22.7 Å². The largest absolute Gasteiger partial charge is 0.493 e. The first-order chi connectivity index (χ1) is 16.0. The molecule has 1 saturated carbocycles. The van der Waals surface area contributed by atoms with Crippen LogP contribution in [0.5, 0.6) is 11.5 Å². The Morgan fingerprint density at radius 2 is 1.59 bits per heavy atom. The van der Waals surface area contributed by atoms with Crippen LogP contribution in [0.25, 0.3) is 0 Å². The molecule has 186 valence electrons. The van der Waals surface area contributed by atoms with Gasteiger partial charge in [0.2, 0.25) is 15.9 Å². The van der Waals surface area contributed by atoms with E-state index in [1.165, 1.54) is 7.11 Å². The normalized spacial score (nSPS) is 15.6. The van der Waals surface area contributed by atoms with Crippen molar-refractivity contribution in [1.82, 2.24) is 10.0 Å². The standard InChI is InChI=1S/C25H35N3O5S/c1-25(2,3)27-24(29)23(17-10-15-21(32-4)22(16-17)33-5)26-18-11-13-20(14-12-18)34(30,31)28-19-8-6-7-9-19/h10-16,19,23,26,28H,6-9H2,1-5H3,(H,27,29). The molecule has 0 aliphatic heterocycles. The number of amides is 1. The van der Waals surface area contributed by atoms with Gasteiger partial charge in [0.1, 0.15) is 6.04 Å². The number of benzene rings is 2. The molecule has 8 nitrogen and oxygen atoms in total. The molecule has 0 radical (unpaired) electrons. The Hall–Kier alpha value is -2.78. The maximum atomic E-state index is 13.2. The van der Waals surface area contributed by atoms with Crippen LogP contribution in [0.3, 0.4) is 0 Å². The van der Waals surface area contributed by atoms with Gasteiger partial charge in [-0.25, -0.2) is 13.1 Å². The molecule has 1 unspecified atom stereocenters. The summed E-state index contributed by atoms with van der Waals surface area (Å²) in [7, 11) is -0.494. The SMILES string of the molecule is COc1ccc(C(Nc2ccc(S(=O)(=O)NC3CCCC3)cc2)C(=O)NC(C)(C)C)cc1OC. The molecule has 3 rings (SSSR count). The molecular weight excluding hydrogens is 454 g/mol. The van der Waals surface area contributed by atoms with Crippen molar-refractivity contribution >= 4 is 21.6 Å². The zero-order chi connectivity index (χ0) is 24.9. The Balaban J connectivity index is 1.85. The molecule has 0 aromatic heterocycles. The smallest absolute Gasteiger partial charge is 0.247 e. The van der Waals surface area contributed by atoms with Gasteiger partial charge in [-0.1, -0.05) is 18.9 Å². The molecule has 0 bridgehead atoms. The molecule has 2 aromatic rings. The summed E-state index contributed by atoms with van der Waals surface area (Å²) in [5.41, 5.74) is 0.861. The Labute approximate surface area is 202 Å². The number of anilines is 1. The van der Waals surface area contributed by atoms with Gasteiger partial charge in [0.25, 0.3) is 0 Å². The average Bonchev–Trinajstić information content (AvgIpc) is 3.28. The number of rotatable bonds is 9. The molecule has 1 aliphatic rings. The van der Waals surface area contributed by atoms with Crippen molar-refractivity contribution in [3.8, 4) is 11.5 Å². The van der Waals surface area contributed by atoms with Gasteiger partial charge in [0.15, 0.2) is 11.5 Å². The molecule has 3 N–H and O–H groups in total. The van der Waals surface area contributed by atoms with E-state index >= 15 is 0 Å². The van der Waals surface area contributed by atoms with E-state index < -0.39 is 21.6 Å². The third kappa shape index (κ3) is 6.64. The number of carbonyl (C=O) groups is 1. The minimum absolute atomic E-state index is 0.00155. The summed E-state index contributed by atoms with van der Waals surface area (Å²) in [4.78, 5) is 13.4. The number of ether oxygens (including phenoxy) is 2. The van der Waals surface area contributed by atoms with E-state index in [-0.39, 0.29) is 16.8 Å². The van der Waals surface area contributed by atoms with Crippen LogP contribution in [-0.2, 0) is 14.8 Å². The van der Waals surface area contributed by atoms with Crippen molar-refractivity contribution in [2.75, 3.05) is 19.5 Å². The third-order valence-corrected chi connectivity index (χ3v) is 7.19. The maximum Gasteiger partial charge on any atom is 0.247 e. The summed E-state index contributed by atoms with van der Waals surface area (Å²) in [5.74, 6) is 0.847. The highest BCUT2D eigenvalue weighted by atomic mass is 32.2. The van der Waals surface area contributed by atoms with Crippen LogP contribution in [0.15, 0.2) is 47.4 Å². The summed E-state index contributed by atoms with van der Waals surface area (Å²) >= 11 is 0. The number of hydrogen-bond acceptors (Lipinski definition) is 6. The first-order valence-electron chi connectivity index (χ1n) is 11.5. The molecule has 0 spiro atoms. The van der Waals surface area contributed by atoms with E-state index in [2.05, 4.69) is 15.4 Å². The van der Waals surface area contributed by atoms with Crippen molar-refractivity contribution in [2.45, 2.75) is 69.0 Å². The lowest BCUT2D eigenvalue weighted by Crippen LogP contribution is -2.44. The lowest BCUT2D eigenvalue weighted by atomic mass is 10.0. The minimum Gasteiger partial charge on any atom is -0.493 e. The van der Waals surface area contributed by atoms with Gasteiger partial charge in [0.05, 0.1) is 19.1 Å². The number of carbonyl (C=O) groups excluding carboxylic acids is 1. The first kappa shape index (κ1) is 25.8. The van der Waals surface area contributed by atoms with Crippen LogP contribution in [0.2, 0.25) is 0 Å². The van der Waals surface area contributed by atoms with Crippen molar-refractivity contribution in [3.05, 3.63) is 48.0 Å². The predicted molar refractivity (Wildman–Crippen MR) is 133 cm³/mol. The number of sulfonamides is 1. The third-order valence-electron chi connectivity index (χ3n) is 5.65. The molecule has 2 aromatic carbocycles. The summed E-state index contributed by atoms with van der Waals surface area (Å²) < 4.78 is 38.9. The molecule has 1 aliphatic carbocycles. The van der Waals surface area contributed by atoms with E-state index in [0.29, 0.717) is 22.7 Å². The highest BCUT2D eigenvalue weighted by Gasteiger charge is 2.26. The number of nitrogens with one attached hydrogen (secondary N) is 3. The van der Waals surface area contributed by atoms with Crippen molar-refractivity contribution in [2.24, 2.45) is 0 Å². The summed E-state index contributed by atoms with van der Waals surface area (Å²) in [6, 6.07) is 11.0. The number of hydrogen-bond donors (Lipinski definition) is 3. The van der Waals surface area contributed by atoms with Gasteiger partial charge in [0, 0.05) is 17.3 Å². The second-order valence-electron chi connectivity index (χ2n) is 9.56. The quantitative estimate of drug-likeness (QED) is 0.492. The summed E-state index contributed by atoms with van der Waals surface area (Å²) in [5, 5.41) is 6.24. The van der Waals surface area contributed by atoms with E-state index in [1.54, 1.807) is 49.6 Å². The monoisotopic (exact) mass is 489 g/mol. The van der Waals surface area contributed by atoms with Gasteiger partial charge >= 0.3 is 0 Å². The molecule has 0 saturated heterocycles. The molecule has 1 fully saturated rings. The van der Waals surface area contributed by atoms with E-state index in [0.717, 1.165) is 25.7 Å². The van der Waals surface area contributed by atoms with Crippen LogP contribution in [-0.4, -0.2) is 40.1 Å². The Morgan fingerprint density at radius 3 is 2.15 bits per heavy atom. The molecular formula is C25H35N3O5S. The topological polar surface area (TPSA) is 106 Å². The fourth-order valence-corrected chi connectivity index (χ4v) is 5.31. The van der Waals surface area contributed by atoms with Gasteiger partial charge in [-0.15, -0.1) is 0 Å². The number of methoxy groups -OCH3 is 2. The Morgan fingerprint density at radius 1 is 0.971 bits per heavy atom. The van der Waals surface area contributed by atoms with Gasteiger partial charge in [-0.3, -0.25) is 4.79 Å². The fraction of sp³-hybridized carbons (Fsp3) is 0.480. The van der Waals surface area contributed by atoms with Crippen LogP contribution in [0, 0.1) is 0 Å². The molecule has 34 heavy (non-hydrogen) atoms. The van der Waals surface area contributed by atoms with Crippen LogP contribution in [0.1, 0.15) is 58.1 Å².